The summed E-state index contributed by atoms with van der Waals surface area (Å²) in [6.07, 6.45) is 3.31. The van der Waals surface area contributed by atoms with Crippen LogP contribution >= 0.6 is 27.7 Å². The first-order chi connectivity index (χ1) is 10.1. The molecule has 0 unspecified atom stereocenters. The molecule has 0 aliphatic heterocycles. The van der Waals surface area contributed by atoms with Crippen LogP contribution in [-0.4, -0.2) is 20.9 Å². The molecule has 1 aliphatic carbocycles. The largest absolute Gasteiger partial charge is 0.361 e. The lowest BCUT2D eigenvalue weighted by molar-refractivity contribution is -0.384. The molecule has 1 N–H and O–H groups in total. The third-order valence-electron chi connectivity index (χ3n) is 2.89. The number of nitrogens with one attached hydrogen (secondary N) is 1. The topological polar surface area (TPSA) is 81.0 Å². The normalized spacial score (nSPS) is 14.0. The monoisotopic (exact) mass is 366 g/mol. The van der Waals surface area contributed by atoms with Gasteiger partial charge in [-0.1, -0.05) is 15.9 Å². The van der Waals surface area contributed by atoms with Gasteiger partial charge < -0.3 is 5.32 Å². The van der Waals surface area contributed by atoms with E-state index in [0.717, 1.165) is 22.2 Å². The summed E-state index contributed by atoms with van der Waals surface area (Å²) >= 11 is 4.75. The van der Waals surface area contributed by atoms with E-state index >= 15 is 0 Å². The highest BCUT2D eigenvalue weighted by atomic mass is 79.9. The quantitative estimate of drug-likeness (QED) is 0.491. The van der Waals surface area contributed by atoms with Crippen LogP contribution in [-0.2, 0) is 0 Å². The molecule has 0 amide bonds. The van der Waals surface area contributed by atoms with Crippen molar-refractivity contribution < 1.29 is 4.92 Å². The summed E-state index contributed by atoms with van der Waals surface area (Å²) in [5.74, 6) is 0.303. The van der Waals surface area contributed by atoms with Gasteiger partial charge in [0.25, 0.3) is 0 Å². The van der Waals surface area contributed by atoms with E-state index < -0.39 is 4.92 Å². The first kappa shape index (κ1) is 14.3. The third-order valence-corrected chi connectivity index (χ3v) is 4.30. The van der Waals surface area contributed by atoms with Gasteiger partial charge in [0, 0.05) is 15.4 Å². The Bertz CT molecular complexity index is 676. The summed E-state index contributed by atoms with van der Waals surface area (Å²) < 4.78 is 0.993. The van der Waals surface area contributed by atoms with E-state index in [2.05, 4.69) is 31.2 Å². The van der Waals surface area contributed by atoms with Crippen molar-refractivity contribution in [1.29, 1.82) is 0 Å². The molecule has 1 saturated carbocycles. The molecular weight excluding hydrogens is 356 g/mol. The molecule has 0 atom stereocenters. The molecule has 1 aromatic heterocycles. The zero-order valence-electron chi connectivity index (χ0n) is 10.8. The lowest BCUT2D eigenvalue weighted by Gasteiger charge is -2.06. The van der Waals surface area contributed by atoms with Crippen LogP contribution in [0.3, 0.4) is 0 Å². The number of nitro groups is 1. The van der Waals surface area contributed by atoms with Crippen LogP contribution in [0.1, 0.15) is 12.8 Å². The first-order valence-corrected chi connectivity index (χ1v) is 7.94. The van der Waals surface area contributed by atoms with Crippen LogP contribution < -0.4 is 5.32 Å². The van der Waals surface area contributed by atoms with E-state index in [-0.39, 0.29) is 5.69 Å². The molecule has 1 aromatic carbocycles. The Hall–Kier alpha value is -1.67. The number of anilines is 1. The maximum Gasteiger partial charge on any atom is 0.329 e. The van der Waals surface area contributed by atoms with Crippen LogP contribution in [0.15, 0.2) is 45.0 Å². The SMILES string of the molecule is O=[N+]([O-])c1cnc(Sc2ccc(Br)cc2)nc1NC1CC1. The zero-order valence-corrected chi connectivity index (χ0v) is 13.2. The summed E-state index contributed by atoms with van der Waals surface area (Å²) in [6, 6.07) is 8.03. The molecule has 0 radical (unpaired) electrons. The molecule has 3 rings (SSSR count). The fourth-order valence-electron chi connectivity index (χ4n) is 1.68. The second-order valence-electron chi connectivity index (χ2n) is 4.62. The summed E-state index contributed by atoms with van der Waals surface area (Å²) in [5.41, 5.74) is -0.0814. The number of hydrogen-bond acceptors (Lipinski definition) is 6. The molecule has 0 spiro atoms. The predicted molar refractivity (Wildman–Crippen MR) is 83.6 cm³/mol. The average molecular weight is 367 g/mol. The van der Waals surface area contributed by atoms with Crippen LogP contribution in [0.4, 0.5) is 11.5 Å². The number of aromatic nitrogens is 2. The van der Waals surface area contributed by atoms with Crippen molar-refractivity contribution in [3.05, 3.63) is 45.0 Å². The van der Waals surface area contributed by atoms with Gasteiger partial charge >= 0.3 is 5.69 Å². The van der Waals surface area contributed by atoms with Gasteiger partial charge in [0.05, 0.1) is 4.92 Å². The molecule has 0 bridgehead atoms. The van der Waals surface area contributed by atoms with Gasteiger partial charge in [-0.25, -0.2) is 4.98 Å². The predicted octanol–water partition coefficient (Wildman–Crippen LogP) is 3.87. The van der Waals surface area contributed by atoms with E-state index in [0.29, 0.717) is 17.0 Å². The third kappa shape index (κ3) is 3.70. The van der Waals surface area contributed by atoms with Crippen molar-refractivity contribution in [2.75, 3.05) is 5.32 Å². The van der Waals surface area contributed by atoms with Gasteiger partial charge in [-0.05, 0) is 48.9 Å². The van der Waals surface area contributed by atoms with E-state index in [1.165, 1.54) is 18.0 Å². The van der Waals surface area contributed by atoms with Crippen LogP contribution in [0, 0.1) is 10.1 Å². The second kappa shape index (κ2) is 5.98. The van der Waals surface area contributed by atoms with Crippen molar-refractivity contribution in [3.8, 4) is 0 Å². The van der Waals surface area contributed by atoms with Gasteiger partial charge in [0.1, 0.15) is 6.20 Å². The second-order valence-corrected chi connectivity index (χ2v) is 6.57. The minimum Gasteiger partial charge on any atom is -0.361 e. The smallest absolute Gasteiger partial charge is 0.329 e. The fourth-order valence-corrected chi connectivity index (χ4v) is 2.67. The molecule has 108 valence electrons. The number of benzene rings is 1. The van der Waals surface area contributed by atoms with E-state index in [9.17, 15) is 10.1 Å². The molecule has 6 nitrogen and oxygen atoms in total. The van der Waals surface area contributed by atoms with Gasteiger partial charge in [0.2, 0.25) is 5.82 Å². The van der Waals surface area contributed by atoms with Crippen molar-refractivity contribution in [3.63, 3.8) is 0 Å². The van der Waals surface area contributed by atoms with E-state index in [4.69, 9.17) is 0 Å². The van der Waals surface area contributed by atoms with Gasteiger partial charge in [-0.15, -0.1) is 0 Å². The molecule has 1 aliphatic rings. The van der Waals surface area contributed by atoms with E-state index in [1.807, 2.05) is 24.3 Å². The Morgan fingerprint density at radius 3 is 2.67 bits per heavy atom. The van der Waals surface area contributed by atoms with Crippen LogP contribution in [0.25, 0.3) is 0 Å². The summed E-state index contributed by atoms with van der Waals surface area (Å²) in [4.78, 5) is 19.9. The van der Waals surface area contributed by atoms with E-state index in [1.54, 1.807) is 0 Å². The Morgan fingerprint density at radius 1 is 1.33 bits per heavy atom. The van der Waals surface area contributed by atoms with Crippen molar-refractivity contribution in [2.45, 2.75) is 28.9 Å². The summed E-state index contributed by atoms with van der Waals surface area (Å²) in [7, 11) is 0. The Balaban J connectivity index is 1.84. The molecule has 8 heteroatoms. The lowest BCUT2D eigenvalue weighted by Crippen LogP contribution is -2.07. The molecule has 2 aromatic rings. The van der Waals surface area contributed by atoms with Gasteiger partial charge in [-0.2, -0.15) is 4.98 Å². The molecular formula is C13H11BrN4O2S. The standard InChI is InChI=1S/C13H11BrN4O2S/c14-8-1-5-10(6-2-8)21-13-15-7-11(18(19)20)12(17-13)16-9-3-4-9/h1-2,5-7,9H,3-4H2,(H,15,16,17). The zero-order chi connectivity index (χ0) is 14.8. The summed E-state index contributed by atoms with van der Waals surface area (Å²) in [6.45, 7) is 0. The highest BCUT2D eigenvalue weighted by Gasteiger charge is 2.26. The number of hydrogen-bond donors (Lipinski definition) is 1. The van der Waals surface area contributed by atoms with Crippen LogP contribution in [0.5, 0.6) is 0 Å². The van der Waals surface area contributed by atoms with Crippen LogP contribution in [0.2, 0.25) is 0 Å². The lowest BCUT2D eigenvalue weighted by atomic mass is 10.4. The fraction of sp³-hybridized carbons (Fsp3) is 0.231. The maximum absolute atomic E-state index is 11.0. The Morgan fingerprint density at radius 2 is 2.05 bits per heavy atom. The number of nitrogens with zero attached hydrogens (tertiary/aromatic N) is 3. The van der Waals surface area contributed by atoms with Crippen molar-refractivity contribution in [1.82, 2.24) is 9.97 Å². The maximum atomic E-state index is 11.0. The minimum absolute atomic E-state index is 0.0814. The Labute approximate surface area is 133 Å². The number of rotatable bonds is 5. The average Bonchev–Trinajstić information content (AvgIpc) is 3.25. The molecule has 1 heterocycles. The molecule has 1 fully saturated rings. The Kier molecular flexibility index (Phi) is 4.07. The number of halogens is 1. The molecule has 0 saturated heterocycles. The van der Waals surface area contributed by atoms with Crippen molar-refractivity contribution in [2.24, 2.45) is 0 Å². The molecule has 21 heavy (non-hydrogen) atoms. The summed E-state index contributed by atoms with van der Waals surface area (Å²) in [5, 5.41) is 14.6. The highest BCUT2D eigenvalue weighted by molar-refractivity contribution is 9.10. The highest BCUT2D eigenvalue weighted by Crippen LogP contribution is 2.32. The first-order valence-electron chi connectivity index (χ1n) is 6.33. The van der Waals surface area contributed by atoms with Gasteiger partial charge in [-0.3, -0.25) is 10.1 Å². The van der Waals surface area contributed by atoms with Gasteiger partial charge in [0.15, 0.2) is 5.16 Å². The minimum atomic E-state index is -0.460. The van der Waals surface area contributed by atoms with Crippen molar-refractivity contribution >= 4 is 39.2 Å².